The number of allylic oxidation sites excluding steroid dienone is 2. The molecular weight excluding hydrogens is 270 g/mol. The highest BCUT2D eigenvalue weighted by Crippen LogP contribution is 2.17. The molecule has 6 nitrogen and oxygen atoms in total. The van der Waals surface area contributed by atoms with Gasteiger partial charge in [-0.2, -0.15) is 0 Å². The largest absolute Gasteiger partial charge is 0.295 e. The summed E-state index contributed by atoms with van der Waals surface area (Å²) in [5.41, 5.74) is 0.920. The Hall–Kier alpha value is -2.24. The summed E-state index contributed by atoms with van der Waals surface area (Å²) < 4.78 is 0. The van der Waals surface area contributed by atoms with Gasteiger partial charge in [-0.1, -0.05) is 23.8 Å². The number of hydrogen-bond donors (Lipinski definition) is 1. The summed E-state index contributed by atoms with van der Waals surface area (Å²) in [5.74, 6) is -0.384. The number of piperidine rings is 1. The lowest BCUT2D eigenvalue weighted by Gasteiger charge is -2.33. The zero-order valence-electron chi connectivity index (χ0n) is 12.3. The number of carbonyl (C=O) groups excluding carboxylic acids is 3. The van der Waals surface area contributed by atoms with Gasteiger partial charge in [0.05, 0.1) is 6.54 Å². The van der Waals surface area contributed by atoms with Crippen molar-refractivity contribution in [2.45, 2.75) is 39.2 Å². The smallest absolute Gasteiger partial charge is 0.249 e. The molecule has 0 bridgehead atoms. The Morgan fingerprint density at radius 2 is 2.05 bits per heavy atom. The molecule has 0 aromatic heterocycles. The second kappa shape index (κ2) is 6.47. The Balaban J connectivity index is 2.30. The summed E-state index contributed by atoms with van der Waals surface area (Å²) >= 11 is 0. The molecule has 0 saturated carbocycles. The highest BCUT2D eigenvalue weighted by atomic mass is 16.2. The molecule has 1 atom stereocenters. The maximum Gasteiger partial charge on any atom is 0.249 e. The lowest BCUT2D eigenvalue weighted by atomic mass is 10.0. The van der Waals surface area contributed by atoms with Crippen molar-refractivity contribution in [3.63, 3.8) is 0 Å². The number of amides is 3. The standard InChI is InChI=1S/C15H19N3O3/c1-10-5-3-4-8-16-11(2)18(14(20)9-10)12-6-7-13(19)17-15(12)21/h3-5,12H,6-9H2,1-2H3,(H,17,19,21)/b4-3-,10-5-,16-11?. The highest BCUT2D eigenvalue weighted by Gasteiger charge is 2.35. The molecule has 2 heterocycles. The van der Waals surface area contributed by atoms with Gasteiger partial charge in [0.2, 0.25) is 17.7 Å². The van der Waals surface area contributed by atoms with E-state index >= 15 is 0 Å². The van der Waals surface area contributed by atoms with E-state index in [0.29, 0.717) is 18.8 Å². The fourth-order valence-electron chi connectivity index (χ4n) is 2.45. The molecule has 1 unspecified atom stereocenters. The molecule has 21 heavy (non-hydrogen) atoms. The second-order valence-corrected chi connectivity index (χ2v) is 5.24. The number of nitrogens with zero attached hydrogens (tertiary/aromatic N) is 2. The highest BCUT2D eigenvalue weighted by molar-refractivity contribution is 6.07. The van der Waals surface area contributed by atoms with Crippen molar-refractivity contribution in [2.24, 2.45) is 4.99 Å². The quantitative estimate of drug-likeness (QED) is 0.730. The molecule has 1 saturated heterocycles. The summed E-state index contributed by atoms with van der Waals surface area (Å²) in [4.78, 5) is 41.5. The molecular formula is C15H19N3O3. The predicted molar refractivity (Wildman–Crippen MR) is 78.5 cm³/mol. The van der Waals surface area contributed by atoms with Crippen molar-refractivity contribution in [1.29, 1.82) is 0 Å². The molecule has 0 radical (unpaired) electrons. The molecule has 112 valence electrons. The van der Waals surface area contributed by atoms with Crippen LogP contribution in [0.2, 0.25) is 0 Å². The minimum Gasteiger partial charge on any atom is -0.295 e. The average molecular weight is 289 g/mol. The van der Waals surface area contributed by atoms with E-state index in [0.717, 1.165) is 5.57 Å². The summed E-state index contributed by atoms with van der Waals surface area (Å²) in [5, 5.41) is 2.29. The van der Waals surface area contributed by atoms with Gasteiger partial charge < -0.3 is 0 Å². The Bertz CT molecular complexity index is 561. The van der Waals surface area contributed by atoms with E-state index in [4.69, 9.17) is 0 Å². The predicted octanol–water partition coefficient (Wildman–Crippen LogP) is 0.945. The Kier molecular flexibility index (Phi) is 4.67. The maximum atomic E-state index is 12.5. The van der Waals surface area contributed by atoms with E-state index in [-0.39, 0.29) is 24.7 Å². The number of carbonyl (C=O) groups is 3. The molecule has 2 aliphatic heterocycles. The minimum atomic E-state index is -0.657. The van der Waals surface area contributed by atoms with E-state index in [1.807, 2.05) is 25.2 Å². The third kappa shape index (κ3) is 3.65. The number of imide groups is 1. The topological polar surface area (TPSA) is 78.8 Å². The maximum absolute atomic E-state index is 12.5. The van der Waals surface area contributed by atoms with Gasteiger partial charge in [0, 0.05) is 12.8 Å². The normalized spacial score (nSPS) is 28.4. The number of aliphatic imine (C=N–C) groups is 1. The molecule has 1 N–H and O–H groups in total. The van der Waals surface area contributed by atoms with Gasteiger partial charge in [0.1, 0.15) is 11.9 Å². The minimum absolute atomic E-state index is 0.171. The number of amidine groups is 1. The summed E-state index contributed by atoms with van der Waals surface area (Å²) in [7, 11) is 0. The molecule has 2 aliphatic rings. The van der Waals surface area contributed by atoms with Crippen LogP contribution in [0, 0.1) is 0 Å². The van der Waals surface area contributed by atoms with Crippen LogP contribution in [0.1, 0.15) is 33.1 Å². The van der Waals surface area contributed by atoms with Crippen LogP contribution in [0.15, 0.2) is 28.8 Å². The van der Waals surface area contributed by atoms with Crippen molar-refractivity contribution >= 4 is 23.6 Å². The van der Waals surface area contributed by atoms with Crippen molar-refractivity contribution < 1.29 is 14.4 Å². The Labute approximate surface area is 123 Å². The van der Waals surface area contributed by atoms with Crippen LogP contribution in [0.25, 0.3) is 0 Å². The van der Waals surface area contributed by atoms with Crippen LogP contribution < -0.4 is 5.32 Å². The number of nitrogens with one attached hydrogen (secondary N) is 1. The van der Waals surface area contributed by atoms with Gasteiger partial charge in [-0.15, -0.1) is 0 Å². The molecule has 6 heteroatoms. The van der Waals surface area contributed by atoms with Crippen LogP contribution in [0.5, 0.6) is 0 Å². The molecule has 1 fully saturated rings. The number of rotatable bonds is 1. The van der Waals surface area contributed by atoms with E-state index in [2.05, 4.69) is 10.3 Å². The van der Waals surface area contributed by atoms with Gasteiger partial charge in [0.25, 0.3) is 0 Å². The third-order valence-electron chi connectivity index (χ3n) is 3.51. The molecule has 0 aromatic carbocycles. The fraction of sp³-hybridized carbons (Fsp3) is 0.467. The van der Waals surface area contributed by atoms with Crippen molar-refractivity contribution in [3.05, 3.63) is 23.8 Å². The zero-order valence-corrected chi connectivity index (χ0v) is 12.3. The summed E-state index contributed by atoms with van der Waals surface area (Å²) in [6.07, 6.45) is 6.45. The van der Waals surface area contributed by atoms with Crippen molar-refractivity contribution in [1.82, 2.24) is 10.2 Å². The first-order chi connectivity index (χ1) is 9.99. The van der Waals surface area contributed by atoms with Gasteiger partial charge in [0.15, 0.2) is 0 Å². The molecule has 3 amide bonds. The first-order valence-electron chi connectivity index (χ1n) is 6.98. The van der Waals surface area contributed by atoms with Crippen LogP contribution in [0.3, 0.4) is 0 Å². The molecule has 2 rings (SSSR count). The second-order valence-electron chi connectivity index (χ2n) is 5.24. The van der Waals surface area contributed by atoms with Crippen molar-refractivity contribution in [2.75, 3.05) is 6.54 Å². The van der Waals surface area contributed by atoms with E-state index in [9.17, 15) is 14.4 Å². The molecule has 0 aliphatic carbocycles. The van der Waals surface area contributed by atoms with E-state index in [1.54, 1.807) is 6.92 Å². The average Bonchev–Trinajstić information content (AvgIpc) is 2.40. The summed E-state index contributed by atoms with van der Waals surface area (Å²) in [6, 6.07) is -0.657. The third-order valence-corrected chi connectivity index (χ3v) is 3.51. The first kappa shape index (κ1) is 15.2. The van der Waals surface area contributed by atoms with Gasteiger partial charge >= 0.3 is 0 Å². The van der Waals surface area contributed by atoms with Gasteiger partial charge in [-0.25, -0.2) is 0 Å². The zero-order chi connectivity index (χ0) is 15.4. The first-order valence-corrected chi connectivity index (χ1v) is 6.98. The Morgan fingerprint density at radius 1 is 1.29 bits per heavy atom. The lowest BCUT2D eigenvalue weighted by molar-refractivity contribution is -0.142. The van der Waals surface area contributed by atoms with Crippen molar-refractivity contribution in [3.8, 4) is 0 Å². The molecule has 0 spiro atoms. The fourth-order valence-corrected chi connectivity index (χ4v) is 2.45. The Morgan fingerprint density at radius 3 is 2.76 bits per heavy atom. The SMILES string of the molecule is CC1=NC/C=C\C=C(\C)CC(=O)N1C1CCC(=O)NC1=O. The van der Waals surface area contributed by atoms with Gasteiger partial charge in [-0.3, -0.25) is 29.6 Å². The van der Waals surface area contributed by atoms with Crippen LogP contribution >= 0.6 is 0 Å². The number of hydrogen-bond acceptors (Lipinski definition) is 4. The van der Waals surface area contributed by atoms with E-state index < -0.39 is 11.9 Å². The monoisotopic (exact) mass is 289 g/mol. The van der Waals surface area contributed by atoms with Gasteiger partial charge in [-0.05, 0) is 20.3 Å². The molecule has 0 aromatic rings. The van der Waals surface area contributed by atoms with Crippen LogP contribution in [0.4, 0.5) is 0 Å². The van der Waals surface area contributed by atoms with E-state index in [1.165, 1.54) is 4.90 Å². The van der Waals surface area contributed by atoms with Crippen LogP contribution in [-0.4, -0.2) is 41.0 Å². The lowest BCUT2D eigenvalue weighted by Crippen LogP contribution is -2.55. The summed E-state index contributed by atoms with van der Waals surface area (Å²) in [6.45, 7) is 4.04. The van der Waals surface area contributed by atoms with Crippen LogP contribution in [-0.2, 0) is 14.4 Å².